The summed E-state index contributed by atoms with van der Waals surface area (Å²) >= 11 is 0. The monoisotopic (exact) mass is 920 g/mol. The Morgan fingerprint density at radius 2 is 1.24 bits per heavy atom. The Morgan fingerprint density at radius 1 is 0.662 bits per heavy atom. The second kappa shape index (κ2) is 19.2. The maximum absolute atomic E-state index is 14.0. The van der Waals surface area contributed by atoms with Crippen molar-refractivity contribution in [3.63, 3.8) is 0 Å². The first-order valence-electron chi connectivity index (χ1n) is 22.0. The van der Waals surface area contributed by atoms with Crippen LogP contribution in [0.1, 0.15) is 49.9 Å². The maximum Gasteiger partial charge on any atom is 0.261 e. The van der Waals surface area contributed by atoms with Gasteiger partial charge in [0.25, 0.3) is 11.8 Å². The van der Waals surface area contributed by atoms with Gasteiger partial charge < -0.3 is 50.4 Å². The molecule has 18 heteroatoms. The van der Waals surface area contributed by atoms with Crippen LogP contribution in [-0.2, 0) is 45.2 Å². The van der Waals surface area contributed by atoms with Crippen LogP contribution in [0.3, 0.4) is 0 Å². The molecule has 9 rings (SSSR count). The number of anilines is 4. The number of nitrogens with zero attached hydrogens (tertiary/aromatic N) is 3. The van der Waals surface area contributed by atoms with Gasteiger partial charge in [-0.1, -0.05) is 36.4 Å². The lowest BCUT2D eigenvalue weighted by Crippen LogP contribution is -2.43. The highest BCUT2D eigenvalue weighted by Crippen LogP contribution is 2.43. The number of hydrogen-bond acceptors (Lipinski definition) is 12. The highest BCUT2D eigenvalue weighted by Gasteiger charge is 2.39. The Hall–Kier alpha value is -8.41. The van der Waals surface area contributed by atoms with E-state index in [0.717, 1.165) is 28.9 Å². The molecule has 5 N–H and O–H groups in total. The number of hydrogen-bond donors (Lipinski definition) is 5. The smallest absolute Gasteiger partial charge is 0.261 e. The number of carbonyl (C=O) groups excluding carboxylic acids is 6. The molecule has 0 aliphatic carbocycles. The number of carbonyl (C=O) groups is 6. The number of rotatable bonds is 15. The zero-order valence-corrected chi connectivity index (χ0v) is 37.5. The van der Waals surface area contributed by atoms with Gasteiger partial charge in [0.2, 0.25) is 23.6 Å². The first-order valence-corrected chi connectivity index (χ1v) is 22.0. The summed E-state index contributed by atoms with van der Waals surface area (Å²) in [5, 5.41) is 13.4. The van der Waals surface area contributed by atoms with Gasteiger partial charge in [-0.25, -0.2) is 0 Å². The summed E-state index contributed by atoms with van der Waals surface area (Å²) < 4.78 is 24.2. The van der Waals surface area contributed by atoms with Crippen molar-refractivity contribution in [2.75, 3.05) is 60.8 Å². The number of fused-ring (bicyclic) bond motifs is 8. The van der Waals surface area contributed by atoms with Gasteiger partial charge in [0, 0.05) is 55.3 Å². The number of nitrogens with one attached hydrogen (secondary N) is 5. The minimum atomic E-state index is -0.616. The van der Waals surface area contributed by atoms with Crippen LogP contribution in [0.2, 0.25) is 0 Å². The van der Waals surface area contributed by atoms with Crippen molar-refractivity contribution in [1.29, 1.82) is 0 Å². The van der Waals surface area contributed by atoms with Gasteiger partial charge in [-0.05, 0) is 71.1 Å². The summed E-state index contributed by atoms with van der Waals surface area (Å²) in [5.41, 5.74) is 7.37. The number of para-hydroxylation sites is 2. The molecule has 68 heavy (non-hydrogen) atoms. The van der Waals surface area contributed by atoms with E-state index in [9.17, 15) is 28.8 Å². The van der Waals surface area contributed by atoms with Gasteiger partial charge in [-0.2, -0.15) is 0 Å². The van der Waals surface area contributed by atoms with Crippen molar-refractivity contribution in [2.45, 2.75) is 45.1 Å². The molecule has 5 aromatic rings. The third-order valence-corrected chi connectivity index (χ3v) is 12.0. The number of methoxy groups -OCH3 is 2. The van der Waals surface area contributed by atoms with E-state index in [1.807, 2.05) is 59.5 Å². The minimum absolute atomic E-state index is 0.00334. The molecule has 0 unspecified atom stereocenters. The molecule has 0 saturated carbocycles. The molecule has 0 fully saturated rings. The zero-order valence-electron chi connectivity index (χ0n) is 37.5. The van der Waals surface area contributed by atoms with Crippen molar-refractivity contribution >= 4 is 70.1 Å². The average molecular weight is 921 g/mol. The van der Waals surface area contributed by atoms with Crippen LogP contribution in [-0.4, -0.2) is 94.1 Å². The number of benzene rings is 5. The summed E-state index contributed by atoms with van der Waals surface area (Å²) in [6, 6.07) is 27.4. The molecule has 348 valence electrons. The average Bonchev–Trinajstić information content (AvgIpc) is 3.83. The topological polar surface area (TPSA) is 218 Å². The van der Waals surface area contributed by atoms with E-state index < -0.39 is 36.7 Å². The molecular weight excluding hydrogens is 873 g/mol. The van der Waals surface area contributed by atoms with Crippen molar-refractivity contribution in [3.8, 4) is 23.0 Å². The third-order valence-electron chi connectivity index (χ3n) is 12.0. The number of ether oxygens (including phenoxy) is 4. The summed E-state index contributed by atoms with van der Waals surface area (Å²) in [4.78, 5) is 85.0. The van der Waals surface area contributed by atoms with E-state index in [-0.39, 0.29) is 43.7 Å². The first kappa shape index (κ1) is 44.8. The molecule has 0 bridgehead atoms. The van der Waals surface area contributed by atoms with E-state index in [4.69, 9.17) is 23.9 Å². The van der Waals surface area contributed by atoms with E-state index >= 15 is 0 Å². The fourth-order valence-electron chi connectivity index (χ4n) is 8.82. The van der Waals surface area contributed by atoms with Crippen LogP contribution in [0, 0.1) is 0 Å². The largest absolute Gasteiger partial charge is 0.493 e. The van der Waals surface area contributed by atoms with E-state index in [1.165, 1.54) is 21.1 Å². The lowest BCUT2D eigenvalue weighted by Gasteiger charge is -2.22. The quantitative estimate of drug-likeness (QED) is 0.0988. The lowest BCUT2D eigenvalue weighted by molar-refractivity contribution is -0.127. The van der Waals surface area contributed by atoms with Crippen LogP contribution >= 0.6 is 0 Å². The zero-order chi connectivity index (χ0) is 47.5. The van der Waals surface area contributed by atoms with Gasteiger partial charge in [0.15, 0.2) is 23.0 Å². The Labute approximate surface area is 391 Å². The highest BCUT2D eigenvalue weighted by atomic mass is 16.5. The molecule has 6 amide bonds. The van der Waals surface area contributed by atoms with Crippen molar-refractivity contribution < 1.29 is 47.7 Å². The molecule has 4 aliphatic heterocycles. The summed E-state index contributed by atoms with van der Waals surface area (Å²) in [7, 11) is 2.99. The molecular formula is C50H48N8O10. The Kier molecular flexibility index (Phi) is 12.6. The Bertz CT molecular complexity index is 2900. The van der Waals surface area contributed by atoms with Gasteiger partial charge in [-0.15, -0.1) is 0 Å². The Balaban J connectivity index is 0.938. The van der Waals surface area contributed by atoms with Crippen LogP contribution < -0.4 is 55.3 Å². The van der Waals surface area contributed by atoms with Crippen LogP contribution in [0.25, 0.3) is 0 Å². The molecule has 2 atom stereocenters. The van der Waals surface area contributed by atoms with Crippen LogP contribution in [0.4, 0.5) is 28.4 Å². The van der Waals surface area contributed by atoms with E-state index in [0.29, 0.717) is 75.3 Å². The Morgan fingerprint density at radius 3 is 1.90 bits per heavy atom. The molecule has 4 heterocycles. The number of aliphatic imine (C=N–C) groups is 1. The predicted molar refractivity (Wildman–Crippen MR) is 253 cm³/mol. The summed E-state index contributed by atoms with van der Waals surface area (Å²) in [6.07, 6.45) is 3.16. The van der Waals surface area contributed by atoms with E-state index in [1.54, 1.807) is 47.5 Å². The van der Waals surface area contributed by atoms with E-state index in [2.05, 4.69) is 26.6 Å². The minimum Gasteiger partial charge on any atom is -0.493 e. The molecule has 4 aliphatic rings. The van der Waals surface area contributed by atoms with Crippen LogP contribution in [0.5, 0.6) is 23.0 Å². The predicted octanol–water partition coefficient (Wildman–Crippen LogP) is 4.45. The normalized spacial score (nSPS) is 16.0. The van der Waals surface area contributed by atoms with Crippen molar-refractivity contribution in [2.24, 2.45) is 4.99 Å². The van der Waals surface area contributed by atoms with Gasteiger partial charge in [-0.3, -0.25) is 38.7 Å². The molecule has 0 radical (unpaired) electrons. The molecule has 18 nitrogen and oxygen atoms in total. The van der Waals surface area contributed by atoms with Gasteiger partial charge in [0.05, 0.1) is 68.4 Å². The molecule has 0 aromatic heterocycles. The third kappa shape index (κ3) is 9.33. The first-order chi connectivity index (χ1) is 33.0. The molecule has 5 aromatic carbocycles. The van der Waals surface area contributed by atoms with Crippen LogP contribution in [0.15, 0.2) is 96.0 Å². The van der Waals surface area contributed by atoms with Gasteiger partial charge in [0.1, 0.15) is 13.2 Å². The highest BCUT2D eigenvalue weighted by molar-refractivity contribution is 6.15. The SMILES string of the molecule is COc1cc2c(cc1OCc1cc(COc3cc4c(cc3OC)C(=O)N3c5ccccc5C[C@H]3CN4)cc(NC(=O)CNC(=O)CNC(=O)CNC(C)=O)c1)N=C[C@@H]1Cc3ccccc3N1C2=O. The fraction of sp³-hybridized carbons (Fsp3) is 0.260. The summed E-state index contributed by atoms with van der Waals surface area (Å²) in [6.45, 7) is 0.670. The standard InChI is InChI=1S/C50H48N8O10/c1-28(59)51-23-46(60)54-24-47(61)55-25-48(62)56-33-13-29(26-67-44-19-38-36(17-42(44)65-2)49(63)57-34(21-52-38)15-31-8-4-6-10-40(31)57)12-30(14-33)27-68-45-20-39-37(18-43(45)66-3)50(64)58-35(22-53-39)16-32-9-5-7-11-41(32)58/h4-14,17-21,34-35,53H,15-16,22-27H2,1-3H3,(H,51,59)(H,54,60)(H,55,61)(H,56,62)/t34-,35-/m0/s1. The molecule has 0 spiro atoms. The van der Waals surface area contributed by atoms with Crippen molar-refractivity contribution in [1.82, 2.24) is 16.0 Å². The fourth-order valence-corrected chi connectivity index (χ4v) is 8.82. The second-order valence-electron chi connectivity index (χ2n) is 16.6. The number of amides is 6. The maximum atomic E-state index is 14.0. The lowest BCUT2D eigenvalue weighted by atomic mass is 10.1. The summed E-state index contributed by atoms with van der Waals surface area (Å²) in [5.74, 6) is -1.10. The van der Waals surface area contributed by atoms with Gasteiger partial charge >= 0.3 is 0 Å². The van der Waals surface area contributed by atoms with Crippen molar-refractivity contribution in [3.05, 3.63) is 124 Å². The molecule has 0 saturated heterocycles. The second-order valence-corrected chi connectivity index (χ2v) is 16.6.